The van der Waals surface area contributed by atoms with Crippen molar-refractivity contribution in [2.45, 2.75) is 44.7 Å². The van der Waals surface area contributed by atoms with Crippen LogP contribution in [0.4, 0.5) is 5.95 Å². The molecule has 5 heteroatoms. The second-order valence-corrected chi connectivity index (χ2v) is 8.74. The number of rotatable bonds is 5. The number of aromatic nitrogens is 3. The van der Waals surface area contributed by atoms with E-state index in [2.05, 4.69) is 71.6 Å². The van der Waals surface area contributed by atoms with Crippen LogP contribution >= 0.6 is 0 Å². The smallest absolute Gasteiger partial charge is 0.224 e. The van der Waals surface area contributed by atoms with Gasteiger partial charge in [-0.1, -0.05) is 54.6 Å². The van der Waals surface area contributed by atoms with E-state index in [-0.39, 0.29) is 11.6 Å². The molecule has 1 saturated carbocycles. The monoisotopic (exact) mass is 409 g/mol. The Morgan fingerprint density at radius 2 is 1.68 bits per heavy atom. The summed E-state index contributed by atoms with van der Waals surface area (Å²) in [5.74, 6) is 0.596. The zero-order valence-corrected chi connectivity index (χ0v) is 18.0. The summed E-state index contributed by atoms with van der Waals surface area (Å²) < 4.78 is 0. The highest BCUT2D eigenvalue weighted by molar-refractivity contribution is 5.90. The standard InChI is InChI=1S/C26H27N5/c1-17(2)29-25-28-16-20-15-22(18-7-4-3-5-8-18)23(30-24(20)31-25)19-9-11-21(12-10-19)26(27)13-6-14-26/h3-5,7-12,15-17H,6,13-14,27H2,1-2H3,(H,28,29,30,31). The van der Waals surface area contributed by atoms with Gasteiger partial charge in [-0.15, -0.1) is 0 Å². The van der Waals surface area contributed by atoms with Crippen LogP contribution in [0.2, 0.25) is 0 Å². The van der Waals surface area contributed by atoms with Crippen LogP contribution in [0.15, 0.2) is 66.9 Å². The molecule has 5 rings (SSSR count). The lowest BCUT2D eigenvalue weighted by Crippen LogP contribution is -2.43. The maximum absolute atomic E-state index is 6.53. The van der Waals surface area contributed by atoms with E-state index in [0.29, 0.717) is 11.6 Å². The number of nitrogens with one attached hydrogen (secondary N) is 1. The van der Waals surface area contributed by atoms with Crippen LogP contribution in [0, 0.1) is 0 Å². The van der Waals surface area contributed by atoms with Gasteiger partial charge in [-0.25, -0.2) is 9.97 Å². The van der Waals surface area contributed by atoms with Gasteiger partial charge in [-0.2, -0.15) is 4.98 Å². The average Bonchev–Trinajstić information content (AvgIpc) is 2.77. The molecule has 0 bridgehead atoms. The second-order valence-electron chi connectivity index (χ2n) is 8.74. The molecule has 0 atom stereocenters. The summed E-state index contributed by atoms with van der Waals surface area (Å²) in [5, 5.41) is 4.18. The zero-order chi connectivity index (χ0) is 21.4. The summed E-state index contributed by atoms with van der Waals surface area (Å²) in [7, 11) is 0. The van der Waals surface area contributed by atoms with Gasteiger partial charge in [0.2, 0.25) is 5.95 Å². The van der Waals surface area contributed by atoms with Gasteiger partial charge in [-0.3, -0.25) is 0 Å². The summed E-state index contributed by atoms with van der Waals surface area (Å²) in [6.45, 7) is 4.14. The molecule has 31 heavy (non-hydrogen) atoms. The molecule has 0 amide bonds. The fraction of sp³-hybridized carbons (Fsp3) is 0.269. The highest BCUT2D eigenvalue weighted by Gasteiger charge is 2.34. The molecule has 4 aromatic rings. The summed E-state index contributed by atoms with van der Waals surface area (Å²) in [5.41, 5.74) is 12.4. The second kappa shape index (κ2) is 7.75. The molecule has 1 fully saturated rings. The van der Waals surface area contributed by atoms with E-state index in [1.54, 1.807) is 0 Å². The van der Waals surface area contributed by atoms with Gasteiger partial charge in [0, 0.05) is 34.3 Å². The van der Waals surface area contributed by atoms with Crippen LogP contribution in [0.1, 0.15) is 38.7 Å². The van der Waals surface area contributed by atoms with E-state index < -0.39 is 0 Å². The van der Waals surface area contributed by atoms with Crippen molar-refractivity contribution in [1.29, 1.82) is 0 Å². The third-order valence-corrected chi connectivity index (χ3v) is 6.05. The maximum Gasteiger partial charge on any atom is 0.224 e. The Morgan fingerprint density at radius 3 is 2.32 bits per heavy atom. The maximum atomic E-state index is 6.53. The van der Waals surface area contributed by atoms with Crippen LogP contribution in [0.5, 0.6) is 0 Å². The van der Waals surface area contributed by atoms with E-state index in [9.17, 15) is 0 Å². The van der Waals surface area contributed by atoms with Crippen molar-refractivity contribution < 1.29 is 0 Å². The summed E-state index contributed by atoms with van der Waals surface area (Å²) in [4.78, 5) is 14.1. The molecule has 1 aliphatic carbocycles. The minimum Gasteiger partial charge on any atom is -0.352 e. The van der Waals surface area contributed by atoms with Gasteiger partial charge in [0.25, 0.3) is 0 Å². The van der Waals surface area contributed by atoms with Gasteiger partial charge in [0.05, 0.1) is 5.69 Å². The minimum absolute atomic E-state index is 0.164. The van der Waals surface area contributed by atoms with Crippen molar-refractivity contribution in [3.63, 3.8) is 0 Å². The predicted octanol–water partition coefficient (Wildman–Crippen LogP) is 5.52. The normalized spacial score (nSPS) is 15.1. The topological polar surface area (TPSA) is 76.7 Å². The Labute approximate surface area is 182 Å². The number of fused-ring (bicyclic) bond motifs is 1. The summed E-state index contributed by atoms with van der Waals surface area (Å²) in [6, 6.07) is 21.3. The first-order chi connectivity index (χ1) is 15.0. The molecule has 1 aliphatic rings. The van der Waals surface area contributed by atoms with E-state index in [1.807, 2.05) is 24.4 Å². The number of benzene rings is 2. The Kier molecular flexibility index (Phi) is 4.91. The molecule has 0 spiro atoms. The first-order valence-electron chi connectivity index (χ1n) is 10.9. The van der Waals surface area contributed by atoms with Crippen molar-refractivity contribution in [2.75, 3.05) is 5.32 Å². The van der Waals surface area contributed by atoms with Crippen molar-refractivity contribution in [1.82, 2.24) is 15.0 Å². The van der Waals surface area contributed by atoms with Crippen molar-refractivity contribution in [3.8, 4) is 22.4 Å². The molecule has 0 unspecified atom stereocenters. The van der Waals surface area contributed by atoms with Crippen LogP contribution in [0.3, 0.4) is 0 Å². The Morgan fingerprint density at radius 1 is 0.935 bits per heavy atom. The molecule has 3 N–H and O–H groups in total. The van der Waals surface area contributed by atoms with E-state index in [4.69, 9.17) is 10.7 Å². The van der Waals surface area contributed by atoms with Crippen LogP contribution in [0.25, 0.3) is 33.4 Å². The Bertz CT molecular complexity index is 1210. The lowest BCUT2D eigenvalue weighted by molar-refractivity contribution is 0.253. The molecule has 0 aliphatic heterocycles. The Hall–Kier alpha value is -3.31. The Balaban J connectivity index is 1.64. The first-order valence-corrected chi connectivity index (χ1v) is 10.9. The van der Waals surface area contributed by atoms with Gasteiger partial charge in [0.1, 0.15) is 0 Å². The largest absolute Gasteiger partial charge is 0.352 e. The van der Waals surface area contributed by atoms with Gasteiger partial charge < -0.3 is 11.1 Å². The third kappa shape index (κ3) is 3.77. The molecule has 0 saturated heterocycles. The van der Waals surface area contributed by atoms with Crippen molar-refractivity contribution >= 4 is 17.0 Å². The molecule has 2 heterocycles. The van der Waals surface area contributed by atoms with E-state index in [1.165, 1.54) is 12.0 Å². The number of nitrogens with zero attached hydrogens (tertiary/aromatic N) is 3. The average molecular weight is 410 g/mol. The zero-order valence-electron chi connectivity index (χ0n) is 18.0. The molecule has 0 radical (unpaired) electrons. The summed E-state index contributed by atoms with van der Waals surface area (Å²) in [6.07, 6.45) is 5.15. The highest BCUT2D eigenvalue weighted by Crippen LogP contribution is 2.40. The number of nitrogens with two attached hydrogens (primary N) is 1. The minimum atomic E-state index is -0.164. The molecule has 2 aromatic heterocycles. The lowest BCUT2D eigenvalue weighted by atomic mass is 9.72. The van der Waals surface area contributed by atoms with Crippen LogP contribution in [-0.2, 0) is 5.54 Å². The molecule has 156 valence electrons. The molecule has 5 nitrogen and oxygen atoms in total. The van der Waals surface area contributed by atoms with Crippen molar-refractivity contribution in [3.05, 3.63) is 72.4 Å². The van der Waals surface area contributed by atoms with Crippen LogP contribution in [-0.4, -0.2) is 21.0 Å². The molecular formula is C26H27N5. The third-order valence-electron chi connectivity index (χ3n) is 6.05. The predicted molar refractivity (Wildman–Crippen MR) is 127 cm³/mol. The van der Waals surface area contributed by atoms with Gasteiger partial charge >= 0.3 is 0 Å². The fourth-order valence-electron chi connectivity index (χ4n) is 4.16. The quantitative estimate of drug-likeness (QED) is 0.454. The van der Waals surface area contributed by atoms with E-state index >= 15 is 0 Å². The summed E-state index contributed by atoms with van der Waals surface area (Å²) >= 11 is 0. The van der Waals surface area contributed by atoms with Gasteiger partial charge in [-0.05, 0) is 50.3 Å². The first kappa shape index (κ1) is 19.6. The van der Waals surface area contributed by atoms with E-state index in [0.717, 1.165) is 40.6 Å². The molecule has 2 aromatic carbocycles. The van der Waals surface area contributed by atoms with Crippen molar-refractivity contribution in [2.24, 2.45) is 5.73 Å². The number of pyridine rings is 1. The van der Waals surface area contributed by atoms with Gasteiger partial charge in [0.15, 0.2) is 5.65 Å². The highest BCUT2D eigenvalue weighted by atomic mass is 15.1. The number of hydrogen-bond acceptors (Lipinski definition) is 5. The lowest BCUT2D eigenvalue weighted by Gasteiger charge is -2.38. The molecular weight excluding hydrogens is 382 g/mol. The number of anilines is 1. The van der Waals surface area contributed by atoms with Crippen LogP contribution < -0.4 is 11.1 Å². The SMILES string of the molecule is CC(C)Nc1ncc2cc(-c3ccccc3)c(-c3ccc(C4(N)CCC4)cc3)nc2n1. The fourth-order valence-corrected chi connectivity index (χ4v) is 4.16. The number of hydrogen-bond donors (Lipinski definition) is 2.